The number of rotatable bonds is 7. The quantitative estimate of drug-likeness (QED) is 0.755. The summed E-state index contributed by atoms with van der Waals surface area (Å²) in [6.07, 6.45) is 2.13. The Balaban J connectivity index is 1.66. The van der Waals surface area contributed by atoms with Crippen LogP contribution in [0.5, 0.6) is 0 Å². The molecule has 0 radical (unpaired) electrons. The van der Waals surface area contributed by atoms with Gasteiger partial charge in [0.05, 0.1) is 19.3 Å². The average molecular weight is 238 g/mol. The molecular weight excluding hydrogens is 216 g/mol. The number of nitrogens with zero attached hydrogens (tertiary/aromatic N) is 1. The summed E-state index contributed by atoms with van der Waals surface area (Å²) < 4.78 is 7.44. The van der Waals surface area contributed by atoms with E-state index in [0.717, 1.165) is 23.9 Å². The van der Waals surface area contributed by atoms with E-state index < -0.39 is 6.10 Å². The molecule has 0 aliphatic heterocycles. The van der Waals surface area contributed by atoms with Gasteiger partial charge in [0, 0.05) is 18.0 Å². The molecule has 0 saturated heterocycles. The van der Waals surface area contributed by atoms with Crippen molar-refractivity contribution in [3.8, 4) is 0 Å². The Bertz CT molecular complexity index is 339. The number of aliphatic hydroxyl groups is 1. The molecule has 1 aliphatic rings. The fraction of sp³-hybridized carbons (Fsp3) is 0.692. The summed E-state index contributed by atoms with van der Waals surface area (Å²) in [5, 5.41) is 9.76. The van der Waals surface area contributed by atoms with E-state index >= 15 is 0 Å². The van der Waals surface area contributed by atoms with Gasteiger partial charge < -0.3 is 15.3 Å². The Kier molecular flexibility index (Phi) is 4.07. The minimum absolute atomic E-state index is 0.420. The summed E-state index contributed by atoms with van der Waals surface area (Å²) >= 11 is 0. The van der Waals surface area contributed by atoms with Crippen LogP contribution in [-0.2, 0) is 4.74 Å². The van der Waals surface area contributed by atoms with Crippen LogP contribution >= 0.6 is 0 Å². The minimum atomic E-state index is -0.449. The maximum absolute atomic E-state index is 9.76. The lowest BCUT2D eigenvalue weighted by atomic mass is 10.4. The lowest BCUT2D eigenvalue weighted by molar-refractivity contribution is 0.0374. The van der Waals surface area contributed by atoms with Crippen LogP contribution in [0.15, 0.2) is 12.1 Å². The highest BCUT2D eigenvalue weighted by atomic mass is 16.5. The van der Waals surface area contributed by atoms with Crippen LogP contribution in [0.2, 0.25) is 0 Å². The van der Waals surface area contributed by atoms with Crippen LogP contribution in [0.1, 0.15) is 24.2 Å². The van der Waals surface area contributed by atoms with Crippen molar-refractivity contribution in [2.75, 3.05) is 25.2 Å². The number of ether oxygens (including phenoxy) is 1. The topological polar surface area (TPSA) is 46.4 Å². The zero-order valence-electron chi connectivity index (χ0n) is 10.6. The van der Waals surface area contributed by atoms with E-state index in [0.29, 0.717) is 13.2 Å². The molecule has 1 aromatic rings. The first kappa shape index (κ1) is 12.5. The lowest BCUT2D eigenvalue weighted by Crippen LogP contribution is -2.30. The van der Waals surface area contributed by atoms with Crippen molar-refractivity contribution in [3.05, 3.63) is 23.5 Å². The van der Waals surface area contributed by atoms with Crippen LogP contribution in [0, 0.1) is 19.8 Å². The fourth-order valence-electron chi connectivity index (χ4n) is 1.83. The Hall–Kier alpha value is -1.00. The maximum atomic E-state index is 9.76. The summed E-state index contributed by atoms with van der Waals surface area (Å²) in [6, 6.07) is 4.11. The van der Waals surface area contributed by atoms with E-state index in [1.54, 1.807) is 0 Å². The van der Waals surface area contributed by atoms with Crippen molar-refractivity contribution >= 4 is 0 Å². The van der Waals surface area contributed by atoms with Crippen molar-refractivity contribution in [1.29, 1.82) is 0 Å². The third-order valence-corrected chi connectivity index (χ3v) is 3.12. The van der Waals surface area contributed by atoms with Gasteiger partial charge in [0.2, 0.25) is 0 Å². The number of hydrogen-bond donors (Lipinski definition) is 2. The Labute approximate surface area is 103 Å². The second kappa shape index (κ2) is 5.56. The summed E-state index contributed by atoms with van der Waals surface area (Å²) in [6.45, 7) is 5.81. The SMILES string of the molecule is Cc1ccc(C)n1NCC(O)COCC1CC1. The van der Waals surface area contributed by atoms with Gasteiger partial charge in [-0.05, 0) is 44.7 Å². The van der Waals surface area contributed by atoms with Crippen LogP contribution in [0.3, 0.4) is 0 Å². The molecule has 1 heterocycles. The van der Waals surface area contributed by atoms with Crippen molar-refractivity contribution in [2.45, 2.75) is 32.8 Å². The van der Waals surface area contributed by atoms with Gasteiger partial charge >= 0.3 is 0 Å². The molecular formula is C13H22N2O2. The molecule has 4 nitrogen and oxygen atoms in total. The van der Waals surface area contributed by atoms with E-state index in [1.165, 1.54) is 12.8 Å². The summed E-state index contributed by atoms with van der Waals surface area (Å²) in [5.74, 6) is 0.754. The highest BCUT2D eigenvalue weighted by molar-refractivity contribution is 5.15. The summed E-state index contributed by atoms with van der Waals surface area (Å²) in [7, 11) is 0. The van der Waals surface area contributed by atoms with E-state index in [4.69, 9.17) is 4.74 Å². The highest BCUT2D eigenvalue weighted by Gasteiger charge is 2.21. The molecule has 1 atom stereocenters. The Morgan fingerprint density at radius 1 is 1.41 bits per heavy atom. The predicted octanol–water partition coefficient (Wildman–Crippen LogP) is 1.44. The normalized spacial score (nSPS) is 17.1. The van der Waals surface area contributed by atoms with E-state index in [9.17, 15) is 5.11 Å². The molecule has 2 rings (SSSR count). The molecule has 0 spiro atoms. The molecule has 0 amide bonds. The van der Waals surface area contributed by atoms with Gasteiger partial charge in [-0.15, -0.1) is 0 Å². The first-order valence-corrected chi connectivity index (χ1v) is 6.31. The van der Waals surface area contributed by atoms with Gasteiger partial charge in [-0.3, -0.25) is 4.68 Å². The average Bonchev–Trinajstić information content (AvgIpc) is 3.05. The molecule has 1 aromatic heterocycles. The third-order valence-electron chi connectivity index (χ3n) is 3.12. The molecule has 1 unspecified atom stereocenters. The molecule has 17 heavy (non-hydrogen) atoms. The number of nitrogens with one attached hydrogen (secondary N) is 1. The zero-order chi connectivity index (χ0) is 12.3. The Morgan fingerprint density at radius 3 is 2.65 bits per heavy atom. The van der Waals surface area contributed by atoms with Gasteiger partial charge in [0.15, 0.2) is 0 Å². The van der Waals surface area contributed by atoms with Gasteiger partial charge in [0.25, 0.3) is 0 Å². The zero-order valence-corrected chi connectivity index (χ0v) is 10.6. The van der Waals surface area contributed by atoms with E-state index in [1.807, 2.05) is 18.5 Å². The van der Waals surface area contributed by atoms with Gasteiger partial charge in [-0.25, -0.2) is 0 Å². The molecule has 0 aromatic carbocycles. The maximum Gasteiger partial charge on any atom is 0.0961 e. The van der Waals surface area contributed by atoms with Crippen molar-refractivity contribution in [3.63, 3.8) is 0 Å². The predicted molar refractivity (Wildman–Crippen MR) is 67.7 cm³/mol. The van der Waals surface area contributed by atoms with Crippen LogP contribution < -0.4 is 5.43 Å². The summed E-state index contributed by atoms with van der Waals surface area (Å²) in [4.78, 5) is 0. The highest BCUT2D eigenvalue weighted by Crippen LogP contribution is 2.28. The molecule has 0 bridgehead atoms. The summed E-state index contributed by atoms with van der Waals surface area (Å²) in [5.41, 5.74) is 5.50. The van der Waals surface area contributed by atoms with Crippen molar-refractivity contribution in [2.24, 2.45) is 5.92 Å². The number of hydrogen-bond acceptors (Lipinski definition) is 3. The molecule has 1 saturated carbocycles. The molecule has 1 fully saturated rings. The van der Waals surface area contributed by atoms with Gasteiger partial charge in [-0.1, -0.05) is 0 Å². The van der Waals surface area contributed by atoms with Crippen molar-refractivity contribution < 1.29 is 9.84 Å². The first-order chi connectivity index (χ1) is 8.16. The third kappa shape index (κ3) is 3.75. The largest absolute Gasteiger partial charge is 0.389 e. The van der Waals surface area contributed by atoms with Crippen LogP contribution in [-0.4, -0.2) is 35.6 Å². The fourth-order valence-corrected chi connectivity index (χ4v) is 1.83. The molecule has 4 heteroatoms. The number of aryl methyl sites for hydroxylation is 2. The number of aromatic nitrogens is 1. The molecule has 1 aliphatic carbocycles. The lowest BCUT2D eigenvalue weighted by Gasteiger charge is -2.16. The smallest absolute Gasteiger partial charge is 0.0961 e. The number of aliphatic hydroxyl groups excluding tert-OH is 1. The molecule has 96 valence electrons. The molecule has 2 N–H and O–H groups in total. The minimum Gasteiger partial charge on any atom is -0.389 e. The van der Waals surface area contributed by atoms with Crippen LogP contribution in [0.4, 0.5) is 0 Å². The van der Waals surface area contributed by atoms with Gasteiger partial charge in [-0.2, -0.15) is 0 Å². The van der Waals surface area contributed by atoms with Crippen LogP contribution in [0.25, 0.3) is 0 Å². The second-order valence-corrected chi connectivity index (χ2v) is 4.95. The monoisotopic (exact) mass is 238 g/mol. The van der Waals surface area contributed by atoms with Crippen molar-refractivity contribution in [1.82, 2.24) is 4.68 Å². The van der Waals surface area contributed by atoms with E-state index in [-0.39, 0.29) is 0 Å². The first-order valence-electron chi connectivity index (χ1n) is 6.31. The second-order valence-electron chi connectivity index (χ2n) is 4.95. The standard InChI is InChI=1S/C13H22N2O2/c1-10-3-4-11(2)15(10)14-7-13(16)9-17-8-12-5-6-12/h3-4,12-14,16H,5-9H2,1-2H3. The van der Waals surface area contributed by atoms with E-state index in [2.05, 4.69) is 17.6 Å². The Morgan fingerprint density at radius 2 is 2.06 bits per heavy atom. The van der Waals surface area contributed by atoms with Gasteiger partial charge in [0.1, 0.15) is 0 Å².